The summed E-state index contributed by atoms with van der Waals surface area (Å²) in [6.45, 7) is 2.05. The van der Waals surface area contributed by atoms with Crippen molar-refractivity contribution in [3.05, 3.63) is 95.6 Å². The normalized spacial score (nSPS) is 24.1. The fourth-order valence-corrected chi connectivity index (χ4v) is 6.68. The van der Waals surface area contributed by atoms with Crippen molar-refractivity contribution in [3.8, 4) is 0 Å². The van der Waals surface area contributed by atoms with Gasteiger partial charge in [-0.05, 0) is 70.8 Å². The first kappa shape index (κ1) is 23.6. The maximum Gasteiger partial charge on any atom is 0.210 e. The van der Waals surface area contributed by atoms with E-state index in [1.807, 2.05) is 73.7 Å². The standard InChI is InChI=1S/C33H22N4O4/c1-15-2-7-20(27(39)14-38)29-24-11-17-5-6-19(35-17)13-26-31-22-9-8-21(32(40)33(22)41)30(31)25(37-26)12-18-4-3-16(34-18)10-23(36-24)28(15)29/h2-15,20-22,34-35H,1H3. The number of Topliss-reactive ketones (excluding diaryl/α,β-unsaturated/α-hetero) is 3. The van der Waals surface area contributed by atoms with Gasteiger partial charge in [0.05, 0.1) is 40.5 Å². The number of ketones is 3. The first-order chi connectivity index (χ1) is 19.9. The van der Waals surface area contributed by atoms with E-state index >= 15 is 0 Å². The summed E-state index contributed by atoms with van der Waals surface area (Å²) in [6, 6.07) is 15.3. The van der Waals surface area contributed by atoms with Crippen LogP contribution in [0.2, 0.25) is 0 Å². The zero-order valence-corrected chi connectivity index (χ0v) is 21.8. The summed E-state index contributed by atoms with van der Waals surface area (Å²) in [7, 11) is 0. The van der Waals surface area contributed by atoms with Gasteiger partial charge in [-0.3, -0.25) is 19.2 Å². The van der Waals surface area contributed by atoms with Crippen molar-refractivity contribution in [1.82, 2.24) is 19.9 Å². The molecule has 6 aliphatic rings. The lowest BCUT2D eigenvalue weighted by atomic mass is 9.69. The highest BCUT2D eigenvalue weighted by Crippen LogP contribution is 2.49. The van der Waals surface area contributed by atoms with E-state index in [0.29, 0.717) is 23.4 Å². The topological polar surface area (TPSA) is 126 Å². The van der Waals surface area contributed by atoms with Crippen LogP contribution in [0, 0.1) is 23.7 Å². The molecule has 4 atom stereocenters. The predicted octanol–water partition coefficient (Wildman–Crippen LogP) is 4.68. The molecule has 8 heteroatoms. The Morgan fingerprint density at radius 1 is 0.659 bits per heavy atom. The van der Waals surface area contributed by atoms with E-state index in [-0.39, 0.29) is 11.7 Å². The van der Waals surface area contributed by atoms with Crippen LogP contribution >= 0.6 is 0 Å². The van der Waals surface area contributed by atoms with Crippen molar-refractivity contribution >= 4 is 68.0 Å². The minimum absolute atomic E-state index is 0.000841. The maximum atomic E-state index is 12.8. The SMILES string of the molecule is CC1C=CC(C(=O)C=O)C2=C1c1cc3ccc(cc4nc(cc5ccc(cc2n1)[nH]5)C1=C4C2C=CC1C(=O)C2=O)[nH]3. The molecule has 0 saturated heterocycles. The number of H-pyrrole nitrogens is 2. The lowest BCUT2D eigenvalue weighted by Gasteiger charge is -2.30. The Morgan fingerprint density at radius 3 is 1.56 bits per heavy atom. The number of aldehydes is 1. The average molecular weight is 539 g/mol. The molecule has 0 aromatic carbocycles. The second-order valence-corrected chi connectivity index (χ2v) is 11.0. The lowest BCUT2D eigenvalue weighted by Crippen LogP contribution is -2.37. The number of aromatic amines is 2. The van der Waals surface area contributed by atoms with E-state index in [2.05, 4.69) is 9.97 Å². The number of nitrogens with one attached hydrogen (secondary N) is 2. The highest BCUT2D eigenvalue weighted by atomic mass is 16.2. The summed E-state index contributed by atoms with van der Waals surface area (Å²) in [5, 5.41) is 0. The Labute approximate surface area is 233 Å². The number of allylic oxidation sites excluding steroid dienone is 8. The minimum Gasteiger partial charge on any atom is -0.355 e. The lowest BCUT2D eigenvalue weighted by molar-refractivity contribution is -0.138. The van der Waals surface area contributed by atoms with Gasteiger partial charge in [0.25, 0.3) is 0 Å². The van der Waals surface area contributed by atoms with Gasteiger partial charge in [-0.2, -0.15) is 0 Å². The highest BCUT2D eigenvalue weighted by Gasteiger charge is 2.47. The molecule has 0 saturated carbocycles. The Kier molecular flexibility index (Phi) is 4.83. The highest BCUT2D eigenvalue weighted by molar-refractivity contribution is 6.47. The fraction of sp³-hybridized carbons (Fsp3) is 0.152. The third-order valence-electron chi connectivity index (χ3n) is 8.50. The zero-order valence-electron chi connectivity index (χ0n) is 21.8. The maximum absolute atomic E-state index is 12.8. The second-order valence-electron chi connectivity index (χ2n) is 11.0. The minimum atomic E-state index is -0.697. The monoisotopic (exact) mass is 538 g/mol. The molecule has 4 aliphatic carbocycles. The molecule has 4 unspecified atom stereocenters. The molecule has 0 spiro atoms. The van der Waals surface area contributed by atoms with Gasteiger partial charge in [0.2, 0.25) is 17.3 Å². The van der Waals surface area contributed by atoms with E-state index < -0.39 is 29.3 Å². The molecule has 8 nitrogen and oxygen atoms in total. The van der Waals surface area contributed by atoms with Crippen LogP contribution in [0.1, 0.15) is 29.7 Å². The molecule has 10 bridgehead atoms. The Hall–Kier alpha value is -5.24. The van der Waals surface area contributed by atoms with Crippen molar-refractivity contribution in [1.29, 1.82) is 0 Å². The fourth-order valence-electron chi connectivity index (χ4n) is 6.68. The molecule has 2 aliphatic heterocycles. The number of aromatic nitrogens is 4. The summed E-state index contributed by atoms with van der Waals surface area (Å²) in [5.74, 6) is -3.26. The Balaban J connectivity index is 1.42. The summed E-state index contributed by atoms with van der Waals surface area (Å²) < 4.78 is 0. The van der Waals surface area contributed by atoms with Crippen molar-refractivity contribution in [2.75, 3.05) is 0 Å². The molecule has 0 radical (unpaired) electrons. The van der Waals surface area contributed by atoms with Crippen molar-refractivity contribution in [2.45, 2.75) is 6.92 Å². The number of fused-ring (bicyclic) bond motifs is 11. The molecule has 2 N–H and O–H groups in total. The molecular weight excluding hydrogens is 516 g/mol. The molecule has 3 aromatic heterocycles. The van der Waals surface area contributed by atoms with Crippen molar-refractivity contribution in [3.63, 3.8) is 0 Å². The first-order valence-electron chi connectivity index (χ1n) is 13.5. The Bertz CT molecular complexity index is 2070. The van der Waals surface area contributed by atoms with Gasteiger partial charge in [-0.15, -0.1) is 0 Å². The summed E-state index contributed by atoms with van der Waals surface area (Å²) in [5.41, 5.74) is 9.01. The smallest absolute Gasteiger partial charge is 0.210 e. The van der Waals surface area contributed by atoms with Crippen molar-refractivity contribution in [2.24, 2.45) is 23.7 Å². The van der Waals surface area contributed by atoms with Gasteiger partial charge in [0.1, 0.15) is 0 Å². The predicted molar refractivity (Wildman–Crippen MR) is 154 cm³/mol. The number of hydrogen-bond acceptors (Lipinski definition) is 6. The van der Waals surface area contributed by atoms with Crippen LogP contribution in [0.4, 0.5) is 0 Å². The van der Waals surface area contributed by atoms with Crippen LogP contribution in [0.5, 0.6) is 0 Å². The number of rotatable bonds is 2. The van der Waals surface area contributed by atoms with Crippen LogP contribution in [0.3, 0.4) is 0 Å². The van der Waals surface area contributed by atoms with Crippen LogP contribution < -0.4 is 0 Å². The van der Waals surface area contributed by atoms with E-state index in [1.165, 1.54) is 0 Å². The zero-order chi connectivity index (χ0) is 28.0. The third kappa shape index (κ3) is 3.40. The number of nitrogens with zero attached hydrogens (tertiary/aromatic N) is 2. The van der Waals surface area contributed by atoms with Gasteiger partial charge in [0, 0.05) is 28.0 Å². The Morgan fingerprint density at radius 2 is 1.10 bits per heavy atom. The van der Waals surface area contributed by atoms with Crippen LogP contribution in [-0.2, 0) is 19.2 Å². The summed E-state index contributed by atoms with van der Waals surface area (Å²) in [4.78, 5) is 66.5. The van der Waals surface area contributed by atoms with E-state index in [4.69, 9.17) is 9.97 Å². The van der Waals surface area contributed by atoms with Crippen molar-refractivity contribution < 1.29 is 19.2 Å². The van der Waals surface area contributed by atoms with E-state index in [9.17, 15) is 19.2 Å². The van der Waals surface area contributed by atoms with Gasteiger partial charge < -0.3 is 9.97 Å². The number of carbonyl (C=O) groups excluding carboxylic acids is 4. The average Bonchev–Trinajstić information content (AvgIpc) is 3.75. The molecule has 198 valence electrons. The summed E-state index contributed by atoms with van der Waals surface area (Å²) >= 11 is 0. The van der Waals surface area contributed by atoms with E-state index in [1.54, 1.807) is 6.08 Å². The van der Waals surface area contributed by atoms with Crippen LogP contribution in [0.15, 0.2) is 72.8 Å². The van der Waals surface area contributed by atoms with Crippen LogP contribution in [0.25, 0.3) is 44.4 Å². The molecule has 3 aromatic rings. The van der Waals surface area contributed by atoms with Gasteiger partial charge in [-0.25, -0.2) is 9.97 Å². The van der Waals surface area contributed by atoms with Gasteiger partial charge in [-0.1, -0.05) is 31.2 Å². The first-order valence-corrected chi connectivity index (χ1v) is 13.5. The summed E-state index contributed by atoms with van der Waals surface area (Å²) in [6.07, 6.45) is 7.75. The molecule has 0 amide bonds. The number of hydrogen-bond donors (Lipinski definition) is 2. The second kappa shape index (κ2) is 8.38. The molecule has 0 fully saturated rings. The molecule has 5 heterocycles. The number of carbonyl (C=O) groups is 4. The van der Waals surface area contributed by atoms with E-state index in [0.717, 1.165) is 50.1 Å². The molecule has 9 rings (SSSR count). The third-order valence-corrected chi connectivity index (χ3v) is 8.50. The van der Waals surface area contributed by atoms with Crippen LogP contribution in [-0.4, -0.2) is 43.6 Å². The molecule has 41 heavy (non-hydrogen) atoms. The molecular formula is C33H22N4O4. The van der Waals surface area contributed by atoms with Gasteiger partial charge in [0.15, 0.2) is 6.29 Å². The largest absolute Gasteiger partial charge is 0.355 e. The van der Waals surface area contributed by atoms with Gasteiger partial charge >= 0.3 is 0 Å². The quantitative estimate of drug-likeness (QED) is 0.277.